The van der Waals surface area contributed by atoms with Crippen LogP contribution in [0.1, 0.15) is 31.3 Å². The summed E-state index contributed by atoms with van der Waals surface area (Å²) in [7, 11) is 0. The highest BCUT2D eigenvalue weighted by Crippen LogP contribution is 2.19. The Bertz CT molecular complexity index is 294. The number of carbonyl (C=O) groups is 1. The molecule has 0 aliphatic heterocycles. The van der Waals surface area contributed by atoms with Crippen LogP contribution in [0.4, 0.5) is 0 Å². The van der Waals surface area contributed by atoms with Crippen LogP contribution in [-0.4, -0.2) is 17.4 Å². The lowest BCUT2D eigenvalue weighted by molar-refractivity contribution is 0.0934. The third kappa shape index (κ3) is 2.52. The van der Waals surface area contributed by atoms with Crippen LogP contribution < -0.4 is 4.74 Å². The van der Waals surface area contributed by atoms with Gasteiger partial charge in [-0.15, -0.1) is 0 Å². The number of rotatable bonds is 4. The Morgan fingerprint density at radius 3 is 2.92 bits per heavy atom. The number of hydrogen-bond donors (Lipinski definition) is 0. The van der Waals surface area contributed by atoms with Crippen LogP contribution in [-0.2, 0) is 0 Å². The van der Waals surface area contributed by atoms with E-state index in [1.54, 1.807) is 5.38 Å². The van der Waals surface area contributed by atoms with E-state index in [-0.39, 0.29) is 11.7 Å². The Hall–Kier alpha value is -0.900. The highest BCUT2D eigenvalue weighted by atomic mass is 32.1. The second-order valence-electron chi connectivity index (χ2n) is 2.95. The Labute approximate surface area is 81.8 Å². The largest absolute Gasteiger partial charge is 0.470 e. The summed E-state index contributed by atoms with van der Waals surface area (Å²) in [6.45, 7) is 6.21. The predicted molar refractivity (Wildman–Crippen MR) is 52.5 cm³/mol. The summed E-state index contributed by atoms with van der Waals surface area (Å²) in [5, 5.41) is 2.32. The molecule has 0 aliphatic carbocycles. The third-order valence-corrected chi connectivity index (χ3v) is 2.28. The molecule has 1 heterocycles. The van der Waals surface area contributed by atoms with Crippen molar-refractivity contribution in [2.75, 3.05) is 6.61 Å². The molecular formula is C9H13NO2S. The fraction of sp³-hybridized carbons (Fsp3) is 0.556. The number of carbonyl (C=O) groups excluding carboxylic acids is 1. The van der Waals surface area contributed by atoms with Gasteiger partial charge in [-0.05, 0) is 6.92 Å². The zero-order chi connectivity index (χ0) is 9.84. The smallest absolute Gasteiger partial charge is 0.273 e. The first-order valence-corrected chi connectivity index (χ1v) is 5.15. The normalized spacial score (nSPS) is 10.5. The molecule has 0 amide bonds. The van der Waals surface area contributed by atoms with E-state index in [0.717, 1.165) is 0 Å². The van der Waals surface area contributed by atoms with Gasteiger partial charge in [0.1, 0.15) is 5.69 Å². The molecule has 0 unspecified atom stereocenters. The molecule has 72 valence electrons. The lowest BCUT2D eigenvalue weighted by Gasteiger charge is -1.98. The van der Waals surface area contributed by atoms with Crippen molar-refractivity contribution in [1.82, 2.24) is 4.98 Å². The number of Topliss-reactive ketones (excluding diaryl/α,β-unsaturated/α-hetero) is 1. The van der Waals surface area contributed by atoms with Gasteiger partial charge in [-0.2, -0.15) is 4.98 Å². The van der Waals surface area contributed by atoms with Crippen LogP contribution in [0.15, 0.2) is 5.38 Å². The number of ether oxygens (including phenoxy) is 1. The van der Waals surface area contributed by atoms with Crippen molar-refractivity contribution in [3.8, 4) is 5.19 Å². The van der Waals surface area contributed by atoms with Crippen LogP contribution in [0.5, 0.6) is 5.19 Å². The molecule has 4 heteroatoms. The van der Waals surface area contributed by atoms with Crippen molar-refractivity contribution in [3.63, 3.8) is 0 Å². The minimum absolute atomic E-state index is 0.00317. The monoisotopic (exact) mass is 199 g/mol. The van der Waals surface area contributed by atoms with E-state index < -0.39 is 0 Å². The van der Waals surface area contributed by atoms with Crippen molar-refractivity contribution in [1.29, 1.82) is 0 Å². The summed E-state index contributed by atoms with van der Waals surface area (Å²) in [5.74, 6) is 0.0683. The van der Waals surface area contributed by atoms with Crippen molar-refractivity contribution in [3.05, 3.63) is 11.1 Å². The average molecular weight is 199 g/mol. The fourth-order valence-electron chi connectivity index (χ4n) is 0.856. The van der Waals surface area contributed by atoms with Crippen molar-refractivity contribution >= 4 is 17.1 Å². The minimum atomic E-state index is -0.00317. The Morgan fingerprint density at radius 2 is 2.38 bits per heavy atom. The van der Waals surface area contributed by atoms with Gasteiger partial charge >= 0.3 is 0 Å². The molecular weight excluding hydrogens is 186 g/mol. The minimum Gasteiger partial charge on any atom is -0.470 e. The van der Waals surface area contributed by atoms with Crippen LogP contribution in [0.25, 0.3) is 0 Å². The Morgan fingerprint density at radius 1 is 1.69 bits per heavy atom. The molecule has 3 nitrogen and oxygen atoms in total. The Balaban J connectivity index is 2.73. The quantitative estimate of drug-likeness (QED) is 0.699. The zero-order valence-electron chi connectivity index (χ0n) is 8.03. The van der Waals surface area contributed by atoms with Gasteiger partial charge in [-0.3, -0.25) is 4.79 Å². The second-order valence-corrected chi connectivity index (χ2v) is 3.77. The molecule has 0 saturated carbocycles. The standard InChI is InChI=1S/C9H13NO2S/c1-4-12-9-10-7(5-13-9)8(11)6(2)3/h5-6H,4H2,1-3H3. The number of hydrogen-bond acceptors (Lipinski definition) is 4. The zero-order valence-corrected chi connectivity index (χ0v) is 8.85. The van der Waals surface area contributed by atoms with Gasteiger partial charge in [0, 0.05) is 11.3 Å². The van der Waals surface area contributed by atoms with Gasteiger partial charge in [0.25, 0.3) is 5.19 Å². The SMILES string of the molecule is CCOc1nc(C(=O)C(C)C)cs1. The molecule has 13 heavy (non-hydrogen) atoms. The maximum atomic E-state index is 11.5. The van der Waals surface area contributed by atoms with Gasteiger partial charge in [0.2, 0.25) is 0 Å². The molecule has 1 aromatic rings. The molecule has 1 aromatic heterocycles. The third-order valence-electron chi connectivity index (χ3n) is 1.53. The van der Waals surface area contributed by atoms with Gasteiger partial charge in [-0.25, -0.2) is 0 Å². The molecule has 0 saturated heterocycles. The highest BCUT2D eigenvalue weighted by Gasteiger charge is 2.14. The average Bonchev–Trinajstić information content (AvgIpc) is 2.52. The van der Waals surface area contributed by atoms with E-state index in [0.29, 0.717) is 17.5 Å². The van der Waals surface area contributed by atoms with Gasteiger partial charge in [0.15, 0.2) is 5.78 Å². The summed E-state index contributed by atoms with van der Waals surface area (Å²) in [6.07, 6.45) is 0. The van der Waals surface area contributed by atoms with E-state index >= 15 is 0 Å². The van der Waals surface area contributed by atoms with E-state index in [1.165, 1.54) is 11.3 Å². The number of ketones is 1. The number of aromatic nitrogens is 1. The molecule has 0 N–H and O–H groups in total. The summed E-state index contributed by atoms with van der Waals surface area (Å²) in [6, 6.07) is 0. The van der Waals surface area contributed by atoms with E-state index in [4.69, 9.17) is 4.74 Å². The van der Waals surface area contributed by atoms with Crippen LogP contribution in [0.3, 0.4) is 0 Å². The molecule has 0 aromatic carbocycles. The first kappa shape index (κ1) is 10.2. The molecule has 0 radical (unpaired) electrons. The fourth-order valence-corrected chi connectivity index (χ4v) is 1.57. The maximum Gasteiger partial charge on any atom is 0.273 e. The van der Waals surface area contributed by atoms with E-state index in [2.05, 4.69) is 4.98 Å². The van der Waals surface area contributed by atoms with Gasteiger partial charge < -0.3 is 4.74 Å². The van der Waals surface area contributed by atoms with Gasteiger partial charge in [-0.1, -0.05) is 25.2 Å². The molecule has 0 fully saturated rings. The summed E-state index contributed by atoms with van der Waals surface area (Å²) >= 11 is 1.37. The lowest BCUT2D eigenvalue weighted by atomic mass is 10.1. The van der Waals surface area contributed by atoms with Crippen LogP contribution >= 0.6 is 11.3 Å². The molecule has 1 rings (SSSR count). The first-order chi connectivity index (χ1) is 6.15. The van der Waals surface area contributed by atoms with E-state index in [1.807, 2.05) is 20.8 Å². The predicted octanol–water partition coefficient (Wildman–Crippen LogP) is 2.38. The topological polar surface area (TPSA) is 39.2 Å². The Kier molecular flexibility index (Phi) is 3.42. The summed E-state index contributed by atoms with van der Waals surface area (Å²) in [5.41, 5.74) is 0.517. The van der Waals surface area contributed by atoms with Crippen LogP contribution in [0, 0.1) is 5.92 Å². The lowest BCUT2D eigenvalue weighted by Crippen LogP contribution is -2.07. The van der Waals surface area contributed by atoms with Gasteiger partial charge in [0.05, 0.1) is 6.61 Å². The van der Waals surface area contributed by atoms with Crippen molar-refractivity contribution < 1.29 is 9.53 Å². The molecule has 0 bridgehead atoms. The van der Waals surface area contributed by atoms with Crippen molar-refractivity contribution in [2.45, 2.75) is 20.8 Å². The summed E-state index contributed by atoms with van der Waals surface area (Å²) < 4.78 is 5.17. The first-order valence-electron chi connectivity index (χ1n) is 4.27. The number of nitrogens with zero attached hydrogens (tertiary/aromatic N) is 1. The number of thiazole rings is 1. The summed E-state index contributed by atoms with van der Waals surface area (Å²) in [4.78, 5) is 15.5. The highest BCUT2D eigenvalue weighted by molar-refractivity contribution is 7.11. The molecule has 0 aliphatic rings. The van der Waals surface area contributed by atoms with E-state index in [9.17, 15) is 4.79 Å². The molecule has 0 atom stereocenters. The van der Waals surface area contributed by atoms with Crippen LogP contribution in [0.2, 0.25) is 0 Å². The maximum absolute atomic E-state index is 11.5. The molecule has 0 spiro atoms. The second kappa shape index (κ2) is 4.37. The van der Waals surface area contributed by atoms with Crippen molar-refractivity contribution in [2.24, 2.45) is 5.92 Å².